The number of rotatable bonds is 0. The van der Waals surface area contributed by atoms with Crippen LogP contribution in [0.15, 0.2) is 0 Å². The Balaban J connectivity index is -0.0000000257. The molecule has 0 saturated carbocycles. The third-order valence-electron chi connectivity index (χ3n) is 0. The van der Waals surface area contributed by atoms with E-state index in [1.807, 2.05) is 0 Å². The van der Waals surface area contributed by atoms with Crippen molar-refractivity contribution < 1.29 is 77.8 Å². The quantitative estimate of drug-likeness (QED) is 0.503. The van der Waals surface area contributed by atoms with E-state index in [1.54, 1.807) is 0 Å². The van der Waals surface area contributed by atoms with E-state index in [0.29, 0.717) is 0 Å². The zero-order chi connectivity index (χ0) is 8.12. The molecule has 0 spiro atoms. The minimum absolute atomic E-state index is 0. The average Bonchev–Trinajstić information content (AvgIpc) is 1.70. The van der Waals surface area contributed by atoms with Crippen LogP contribution in [0.2, 0.25) is 0 Å². The van der Waals surface area contributed by atoms with Gasteiger partial charge in [0.25, 0.3) is 0 Å². The average molecular weight is 341 g/mol. The summed E-state index contributed by atoms with van der Waals surface area (Å²) in [6.07, 6.45) is 0. The second-order valence-corrected chi connectivity index (χ2v) is 0.671. The summed E-state index contributed by atoms with van der Waals surface area (Å²) in [5.74, 6) is 0. The van der Waals surface area contributed by atoms with Crippen LogP contribution in [0, 0.1) is 49.4 Å². The van der Waals surface area contributed by atoms with Gasteiger partial charge in [-0.3, -0.25) is 13.7 Å². The summed E-state index contributed by atoms with van der Waals surface area (Å²) in [6.45, 7) is 0. The molecule has 0 radical (unpaired) electrons. The van der Waals surface area contributed by atoms with Crippen LogP contribution >= 0.6 is 26.1 Å². The van der Waals surface area contributed by atoms with Gasteiger partial charge in [0.15, 0.2) is 0 Å². The van der Waals surface area contributed by atoms with Crippen molar-refractivity contribution in [3.05, 3.63) is 0 Å². The topological polar surface area (TPSA) is 120 Å². The molecule has 0 N–H and O–H groups in total. The molecule has 0 aliphatic rings. The van der Waals surface area contributed by atoms with Gasteiger partial charge in [-0.2, -0.15) is 0 Å². The predicted octanol–water partition coefficient (Wildman–Crippen LogP) is -1.34. The van der Waals surface area contributed by atoms with Crippen molar-refractivity contribution in [3.8, 4) is 0 Å². The molecular formula is EuO6P3. The van der Waals surface area contributed by atoms with Crippen LogP contribution in [-0.2, 0) is 13.7 Å². The van der Waals surface area contributed by atoms with Gasteiger partial charge in [0, 0.05) is 0 Å². The predicted molar refractivity (Wildman–Crippen MR) is 22.8 cm³/mol. The van der Waals surface area contributed by atoms with E-state index >= 15 is 0 Å². The van der Waals surface area contributed by atoms with E-state index in [1.165, 1.54) is 0 Å². The van der Waals surface area contributed by atoms with Crippen LogP contribution in [-0.4, -0.2) is 0 Å². The Labute approximate surface area is 102 Å². The first-order valence-corrected chi connectivity index (χ1v) is 3.29. The molecule has 10 heavy (non-hydrogen) atoms. The monoisotopic (exact) mass is 342 g/mol. The van der Waals surface area contributed by atoms with Gasteiger partial charge >= 0.3 is 49.4 Å². The first-order valence-electron chi connectivity index (χ1n) is 1.10. The van der Waals surface area contributed by atoms with Crippen LogP contribution in [0.25, 0.3) is 0 Å². The molecule has 0 heterocycles. The zero-order valence-electron chi connectivity index (χ0n) is 4.17. The zero-order valence-corrected chi connectivity index (χ0v) is 9.28. The van der Waals surface area contributed by atoms with Crippen molar-refractivity contribution in [2.75, 3.05) is 0 Å². The molecule has 6 nitrogen and oxygen atoms in total. The van der Waals surface area contributed by atoms with E-state index in [-0.39, 0.29) is 49.4 Å². The Morgan fingerprint density at radius 2 is 0.700 bits per heavy atom. The maximum atomic E-state index is 8.35. The third kappa shape index (κ3) is 241. The molecule has 0 amide bonds. The molecule has 0 aromatic carbocycles. The SMILES string of the molecule is O=P[O-].O=P[O-].O=P[O-].[Eu+3]. The summed E-state index contributed by atoms with van der Waals surface area (Å²) >= 11 is 0. The van der Waals surface area contributed by atoms with E-state index in [0.717, 1.165) is 0 Å². The second kappa shape index (κ2) is 45.2. The first kappa shape index (κ1) is 22.6. The van der Waals surface area contributed by atoms with Gasteiger partial charge in [-0.1, -0.05) is 0 Å². The fourth-order valence-corrected chi connectivity index (χ4v) is 0. The number of hydrogen-bond donors (Lipinski definition) is 0. The minimum Gasteiger partial charge on any atom is -0.772 e. The fourth-order valence-electron chi connectivity index (χ4n) is 0. The minimum atomic E-state index is -1.08. The maximum absolute atomic E-state index is 8.35. The summed E-state index contributed by atoms with van der Waals surface area (Å²) in [5, 5.41) is 0. The molecule has 0 atom stereocenters. The molecule has 0 fully saturated rings. The van der Waals surface area contributed by atoms with Crippen molar-refractivity contribution in [1.82, 2.24) is 0 Å². The van der Waals surface area contributed by atoms with Crippen molar-refractivity contribution >= 4 is 26.1 Å². The van der Waals surface area contributed by atoms with E-state index < -0.39 is 26.1 Å². The summed E-state index contributed by atoms with van der Waals surface area (Å²) in [6, 6.07) is 0. The Bertz CT molecular complexity index is 49.7. The Kier molecular flexibility index (Phi) is 102. The molecule has 0 aliphatic carbocycles. The third-order valence-corrected chi connectivity index (χ3v) is 0. The summed E-state index contributed by atoms with van der Waals surface area (Å²) < 4.78 is 25.0. The van der Waals surface area contributed by atoms with Crippen LogP contribution in [0.3, 0.4) is 0 Å². The molecule has 0 aliphatic heterocycles. The van der Waals surface area contributed by atoms with Gasteiger partial charge in [0.1, 0.15) is 0 Å². The van der Waals surface area contributed by atoms with Gasteiger partial charge in [-0.25, -0.2) is 0 Å². The molecular weight excluding hydrogens is 341 g/mol. The fraction of sp³-hybridized carbons (Fsp3) is 0. The second-order valence-electron chi connectivity index (χ2n) is 0.224. The van der Waals surface area contributed by atoms with Gasteiger partial charge in [0.05, 0.1) is 26.1 Å². The van der Waals surface area contributed by atoms with Crippen LogP contribution in [0.5, 0.6) is 0 Å². The molecule has 0 saturated heterocycles. The van der Waals surface area contributed by atoms with Crippen molar-refractivity contribution in [2.24, 2.45) is 0 Å². The molecule has 0 aromatic rings. The largest absolute Gasteiger partial charge is 3.00 e. The summed E-state index contributed by atoms with van der Waals surface area (Å²) in [7, 11) is -3.25. The van der Waals surface area contributed by atoms with E-state index in [2.05, 4.69) is 0 Å². The molecule has 0 aromatic heterocycles. The molecule has 10 heteroatoms. The molecule has 0 bridgehead atoms. The summed E-state index contributed by atoms with van der Waals surface area (Å²) in [5.41, 5.74) is 0. The molecule has 0 unspecified atom stereocenters. The van der Waals surface area contributed by atoms with E-state index in [9.17, 15) is 0 Å². The smallest absolute Gasteiger partial charge is 0.772 e. The Hall–Kier alpha value is 1.76. The van der Waals surface area contributed by atoms with Crippen molar-refractivity contribution in [1.29, 1.82) is 0 Å². The summed E-state index contributed by atoms with van der Waals surface area (Å²) in [4.78, 5) is 25.0. The Morgan fingerprint density at radius 1 is 0.700 bits per heavy atom. The van der Waals surface area contributed by atoms with Crippen LogP contribution in [0.1, 0.15) is 0 Å². The van der Waals surface area contributed by atoms with Gasteiger partial charge in [-0.05, 0) is 0 Å². The normalized spacial score (nSPS) is 6.30. The van der Waals surface area contributed by atoms with E-state index in [4.69, 9.17) is 28.4 Å². The van der Waals surface area contributed by atoms with Gasteiger partial charge in [-0.15, -0.1) is 0 Å². The van der Waals surface area contributed by atoms with Crippen LogP contribution in [0.4, 0.5) is 0 Å². The first-order chi connectivity index (χ1) is 4.24. The molecule has 58 valence electrons. The van der Waals surface area contributed by atoms with Gasteiger partial charge < -0.3 is 14.7 Å². The molecule has 0 rings (SSSR count). The van der Waals surface area contributed by atoms with Crippen LogP contribution < -0.4 is 14.7 Å². The van der Waals surface area contributed by atoms with Crippen molar-refractivity contribution in [3.63, 3.8) is 0 Å². The number of hydrogen-bond acceptors (Lipinski definition) is 6. The Morgan fingerprint density at radius 3 is 0.700 bits per heavy atom. The standard InChI is InChI=1S/Eu.3HO2P/c;3*1-3-2/h;3*(H,1,2)/q+3;;;/p-3. The maximum Gasteiger partial charge on any atom is 3.00 e. The van der Waals surface area contributed by atoms with Gasteiger partial charge in [0.2, 0.25) is 0 Å². The van der Waals surface area contributed by atoms with Crippen molar-refractivity contribution in [2.45, 2.75) is 0 Å².